The average molecular weight is 525 g/mol. The van der Waals surface area contributed by atoms with Crippen LogP contribution in [0.5, 0.6) is 5.75 Å². The van der Waals surface area contributed by atoms with Crippen molar-refractivity contribution in [3.63, 3.8) is 0 Å². The van der Waals surface area contributed by atoms with Crippen LogP contribution in [0.1, 0.15) is 65.4 Å². The van der Waals surface area contributed by atoms with Gasteiger partial charge in [-0.3, -0.25) is 4.79 Å². The number of amides is 1. The Labute approximate surface area is 227 Å². The molecule has 1 aliphatic carbocycles. The first-order valence-corrected chi connectivity index (χ1v) is 13.5. The van der Waals surface area contributed by atoms with Gasteiger partial charge in [-0.15, -0.1) is 0 Å². The number of anilines is 1. The van der Waals surface area contributed by atoms with Crippen LogP contribution in [0.3, 0.4) is 0 Å². The second-order valence-corrected chi connectivity index (χ2v) is 9.79. The maximum Gasteiger partial charge on any atom is 0.345 e. The number of esters is 2. The second-order valence-electron chi connectivity index (χ2n) is 9.79. The van der Waals surface area contributed by atoms with Crippen molar-refractivity contribution in [2.45, 2.75) is 46.0 Å². The predicted molar refractivity (Wildman–Crippen MR) is 151 cm³/mol. The van der Waals surface area contributed by atoms with E-state index in [1.165, 1.54) is 0 Å². The SMILES string of the molecule is CCOC(=O)c1c(C)n(-c2ccccc2)c2ccc(OC(=O)c3ccccc3NC(=O)C3CCCCC3)cc12. The maximum absolute atomic E-state index is 13.3. The zero-order chi connectivity index (χ0) is 27.4. The first kappa shape index (κ1) is 26.2. The molecule has 39 heavy (non-hydrogen) atoms. The summed E-state index contributed by atoms with van der Waals surface area (Å²) in [7, 11) is 0. The third-order valence-corrected chi connectivity index (χ3v) is 7.26. The third kappa shape index (κ3) is 5.43. The van der Waals surface area contributed by atoms with Gasteiger partial charge in [0.15, 0.2) is 0 Å². The number of carbonyl (C=O) groups excluding carboxylic acids is 3. The number of hydrogen-bond donors (Lipinski definition) is 1. The monoisotopic (exact) mass is 524 g/mol. The van der Waals surface area contributed by atoms with Gasteiger partial charge in [0, 0.05) is 22.7 Å². The van der Waals surface area contributed by atoms with E-state index in [9.17, 15) is 14.4 Å². The molecule has 1 saturated carbocycles. The van der Waals surface area contributed by atoms with E-state index >= 15 is 0 Å². The zero-order valence-electron chi connectivity index (χ0n) is 22.2. The molecule has 3 aromatic carbocycles. The smallest absolute Gasteiger partial charge is 0.345 e. The average Bonchev–Trinajstić information content (AvgIpc) is 3.25. The molecule has 1 aromatic heterocycles. The molecule has 1 aliphatic rings. The lowest BCUT2D eigenvalue weighted by atomic mass is 9.88. The van der Waals surface area contributed by atoms with Gasteiger partial charge in [-0.05, 0) is 69.2 Å². The van der Waals surface area contributed by atoms with E-state index in [4.69, 9.17) is 9.47 Å². The van der Waals surface area contributed by atoms with Crippen molar-refractivity contribution in [2.75, 3.05) is 11.9 Å². The maximum atomic E-state index is 13.3. The summed E-state index contributed by atoms with van der Waals surface area (Å²) in [5, 5.41) is 3.56. The normalized spacial score (nSPS) is 13.7. The molecule has 1 heterocycles. The molecule has 0 aliphatic heterocycles. The van der Waals surface area contributed by atoms with E-state index < -0.39 is 11.9 Å². The molecule has 0 spiro atoms. The molecule has 5 rings (SSSR count). The minimum absolute atomic E-state index is 0.0385. The van der Waals surface area contributed by atoms with Gasteiger partial charge in [0.05, 0.1) is 28.9 Å². The molecular formula is C32H32N2O5. The summed E-state index contributed by atoms with van der Waals surface area (Å²) in [6, 6.07) is 21.8. The number of hydrogen-bond acceptors (Lipinski definition) is 5. The standard InChI is InChI=1S/C32H32N2O5/c1-3-38-32(37)29-21(2)34(23-14-8-5-9-15-23)28-19-18-24(20-26(28)29)39-31(36)25-16-10-11-17-27(25)33-30(35)22-12-6-4-7-13-22/h5,8-11,14-20,22H,3-4,6-7,12-13H2,1-2H3,(H,33,35). The fourth-order valence-corrected chi connectivity index (χ4v) is 5.36. The zero-order valence-corrected chi connectivity index (χ0v) is 22.2. The number of carbonyl (C=O) groups is 3. The first-order chi connectivity index (χ1) is 19.0. The van der Waals surface area contributed by atoms with Crippen molar-refractivity contribution < 1.29 is 23.9 Å². The molecule has 7 nitrogen and oxygen atoms in total. The minimum atomic E-state index is -0.592. The Bertz CT molecular complexity index is 1520. The fraction of sp³-hybridized carbons (Fsp3) is 0.281. The summed E-state index contributed by atoms with van der Waals surface area (Å²) in [6.07, 6.45) is 4.98. The van der Waals surface area contributed by atoms with Crippen molar-refractivity contribution in [3.8, 4) is 11.4 Å². The molecule has 0 bridgehead atoms. The number of para-hydroxylation sites is 2. The molecule has 4 aromatic rings. The minimum Gasteiger partial charge on any atom is -0.462 e. The highest BCUT2D eigenvalue weighted by molar-refractivity contribution is 6.07. The Kier molecular flexibility index (Phi) is 7.77. The molecule has 0 saturated heterocycles. The van der Waals surface area contributed by atoms with Crippen molar-refractivity contribution in [3.05, 3.63) is 89.6 Å². The molecule has 0 atom stereocenters. The number of nitrogens with one attached hydrogen (secondary N) is 1. The fourth-order valence-electron chi connectivity index (χ4n) is 5.36. The highest BCUT2D eigenvalue weighted by atomic mass is 16.5. The number of ether oxygens (including phenoxy) is 2. The van der Waals surface area contributed by atoms with E-state index in [-0.39, 0.29) is 29.7 Å². The molecule has 1 fully saturated rings. The van der Waals surface area contributed by atoms with Crippen LogP contribution < -0.4 is 10.1 Å². The van der Waals surface area contributed by atoms with E-state index in [2.05, 4.69) is 5.32 Å². The Hall–Kier alpha value is -4.39. The molecule has 200 valence electrons. The van der Waals surface area contributed by atoms with Gasteiger partial charge in [-0.25, -0.2) is 9.59 Å². The number of fused-ring (bicyclic) bond motifs is 1. The lowest BCUT2D eigenvalue weighted by molar-refractivity contribution is -0.120. The van der Waals surface area contributed by atoms with Crippen LogP contribution in [0.2, 0.25) is 0 Å². The van der Waals surface area contributed by atoms with Crippen LogP contribution in [0.25, 0.3) is 16.6 Å². The number of aromatic nitrogens is 1. The molecule has 1 amide bonds. The lowest BCUT2D eigenvalue weighted by Gasteiger charge is -2.21. The summed E-state index contributed by atoms with van der Waals surface area (Å²) >= 11 is 0. The molecular weight excluding hydrogens is 492 g/mol. The summed E-state index contributed by atoms with van der Waals surface area (Å²) < 4.78 is 13.1. The van der Waals surface area contributed by atoms with Crippen molar-refractivity contribution in [2.24, 2.45) is 5.92 Å². The van der Waals surface area contributed by atoms with E-state index in [1.807, 2.05) is 47.9 Å². The van der Waals surface area contributed by atoms with Crippen LogP contribution in [0, 0.1) is 12.8 Å². The first-order valence-electron chi connectivity index (χ1n) is 13.5. The number of benzene rings is 3. The van der Waals surface area contributed by atoms with Crippen LogP contribution in [-0.2, 0) is 9.53 Å². The summed E-state index contributed by atoms with van der Waals surface area (Å²) in [5.74, 6) is -0.840. The number of nitrogens with zero attached hydrogens (tertiary/aromatic N) is 1. The van der Waals surface area contributed by atoms with Crippen molar-refractivity contribution in [1.29, 1.82) is 0 Å². The second kappa shape index (κ2) is 11.6. The van der Waals surface area contributed by atoms with E-state index in [0.717, 1.165) is 49.0 Å². The Morgan fingerprint density at radius 2 is 1.62 bits per heavy atom. The van der Waals surface area contributed by atoms with Crippen molar-refractivity contribution >= 4 is 34.4 Å². The van der Waals surface area contributed by atoms with Gasteiger partial charge in [0.2, 0.25) is 5.91 Å². The summed E-state index contributed by atoms with van der Waals surface area (Å²) in [6.45, 7) is 3.88. The predicted octanol–water partition coefficient (Wildman–Crippen LogP) is 6.85. The molecule has 7 heteroatoms. The largest absolute Gasteiger partial charge is 0.462 e. The van der Waals surface area contributed by atoms with E-state index in [1.54, 1.807) is 43.3 Å². The van der Waals surface area contributed by atoms with Gasteiger partial charge in [0.25, 0.3) is 0 Å². The lowest BCUT2D eigenvalue weighted by Crippen LogP contribution is -2.26. The number of rotatable bonds is 7. The van der Waals surface area contributed by atoms with Crippen LogP contribution in [0.4, 0.5) is 5.69 Å². The van der Waals surface area contributed by atoms with Crippen LogP contribution in [-0.4, -0.2) is 29.0 Å². The Morgan fingerprint density at radius 3 is 2.36 bits per heavy atom. The van der Waals surface area contributed by atoms with Gasteiger partial charge in [0.1, 0.15) is 5.75 Å². The molecule has 0 unspecified atom stereocenters. The topological polar surface area (TPSA) is 86.6 Å². The van der Waals surface area contributed by atoms with Crippen LogP contribution in [0.15, 0.2) is 72.8 Å². The van der Waals surface area contributed by atoms with Gasteiger partial charge >= 0.3 is 11.9 Å². The van der Waals surface area contributed by atoms with Crippen molar-refractivity contribution in [1.82, 2.24) is 4.57 Å². The van der Waals surface area contributed by atoms with E-state index in [0.29, 0.717) is 16.6 Å². The highest BCUT2D eigenvalue weighted by Gasteiger charge is 2.25. The summed E-state index contributed by atoms with van der Waals surface area (Å²) in [4.78, 5) is 39.1. The molecule has 1 N–H and O–H groups in total. The Morgan fingerprint density at radius 1 is 0.897 bits per heavy atom. The van der Waals surface area contributed by atoms with Crippen LogP contribution >= 0.6 is 0 Å². The van der Waals surface area contributed by atoms with Gasteiger partial charge in [-0.1, -0.05) is 49.6 Å². The highest BCUT2D eigenvalue weighted by Crippen LogP contribution is 2.33. The van der Waals surface area contributed by atoms with Gasteiger partial charge in [-0.2, -0.15) is 0 Å². The Balaban J connectivity index is 1.46. The quantitative estimate of drug-likeness (QED) is 0.211. The third-order valence-electron chi connectivity index (χ3n) is 7.26. The summed E-state index contributed by atoms with van der Waals surface area (Å²) in [5.41, 5.74) is 3.55. The molecule has 0 radical (unpaired) electrons. The van der Waals surface area contributed by atoms with Gasteiger partial charge < -0.3 is 19.4 Å².